The molecule has 0 radical (unpaired) electrons. The molecular weight excluding hydrogens is 276 g/mol. The van der Waals surface area contributed by atoms with Crippen LogP contribution in [0.2, 0.25) is 0 Å². The Bertz CT molecular complexity index is 938. The summed E-state index contributed by atoms with van der Waals surface area (Å²) < 4.78 is 0. The number of hydrogen-bond acceptors (Lipinski definition) is 0. The molecule has 4 rings (SSSR count). The molecule has 0 nitrogen and oxygen atoms in total. The topological polar surface area (TPSA) is 0 Å². The Balaban J connectivity index is 0.00000132. The zero-order valence-electron chi connectivity index (χ0n) is 12.0. The third-order valence-electron chi connectivity index (χ3n) is 4.17. The van der Waals surface area contributed by atoms with Crippen molar-refractivity contribution < 1.29 is 0 Å². The molecule has 0 saturated heterocycles. The van der Waals surface area contributed by atoms with E-state index in [0.29, 0.717) is 0 Å². The van der Waals surface area contributed by atoms with Crippen LogP contribution in [0.5, 0.6) is 0 Å². The predicted octanol–water partition coefficient (Wildman–Crippen LogP) is 6.13. The van der Waals surface area contributed by atoms with Crippen molar-refractivity contribution in [3.8, 4) is 0 Å². The van der Waals surface area contributed by atoms with Crippen LogP contribution in [0.1, 0.15) is 12.5 Å². The Labute approximate surface area is 130 Å². The van der Waals surface area contributed by atoms with E-state index in [0.717, 1.165) is 6.42 Å². The van der Waals surface area contributed by atoms with Crippen molar-refractivity contribution >= 4 is 44.7 Å². The molecule has 0 unspecified atom stereocenters. The number of benzene rings is 4. The zero-order chi connectivity index (χ0) is 13.5. The van der Waals surface area contributed by atoms with Gasteiger partial charge in [-0.3, -0.25) is 0 Å². The van der Waals surface area contributed by atoms with Gasteiger partial charge in [-0.15, -0.1) is 12.4 Å². The summed E-state index contributed by atoms with van der Waals surface area (Å²) >= 11 is 0. The number of rotatable bonds is 1. The monoisotopic (exact) mass is 292 g/mol. The van der Waals surface area contributed by atoms with Crippen molar-refractivity contribution in [3.63, 3.8) is 0 Å². The molecule has 0 aromatic heterocycles. The minimum atomic E-state index is 0. The van der Waals surface area contributed by atoms with Gasteiger partial charge in [-0.1, -0.05) is 49.4 Å². The van der Waals surface area contributed by atoms with E-state index in [1.165, 1.54) is 37.9 Å². The SMILES string of the molecule is CCc1cccc2cc3cc4ccccc4cc3cc12.Cl. The number of halogens is 1. The van der Waals surface area contributed by atoms with E-state index in [2.05, 4.69) is 73.7 Å². The molecule has 0 heterocycles. The summed E-state index contributed by atoms with van der Waals surface area (Å²) in [4.78, 5) is 0. The first-order valence-electron chi connectivity index (χ1n) is 7.19. The molecule has 4 aromatic carbocycles. The molecule has 0 aliphatic carbocycles. The Hall–Kier alpha value is -2.05. The molecular formula is C20H17Cl. The van der Waals surface area contributed by atoms with Crippen LogP contribution >= 0.6 is 12.4 Å². The average molecular weight is 293 g/mol. The molecule has 0 aliphatic rings. The Morgan fingerprint density at radius 3 is 1.86 bits per heavy atom. The molecule has 0 aliphatic heterocycles. The summed E-state index contributed by atoms with van der Waals surface area (Å²) in [7, 11) is 0. The van der Waals surface area contributed by atoms with Gasteiger partial charge in [0.1, 0.15) is 0 Å². The molecule has 0 atom stereocenters. The van der Waals surface area contributed by atoms with Gasteiger partial charge in [0.05, 0.1) is 0 Å². The Kier molecular flexibility index (Phi) is 3.57. The molecule has 0 N–H and O–H groups in total. The minimum absolute atomic E-state index is 0. The minimum Gasteiger partial charge on any atom is -0.147 e. The van der Waals surface area contributed by atoms with E-state index in [1.807, 2.05) is 0 Å². The molecule has 0 spiro atoms. The lowest BCUT2D eigenvalue weighted by Gasteiger charge is -2.08. The first kappa shape index (κ1) is 13.9. The van der Waals surface area contributed by atoms with Crippen molar-refractivity contribution in [2.75, 3.05) is 0 Å². The predicted molar refractivity (Wildman–Crippen MR) is 95.6 cm³/mol. The third kappa shape index (κ3) is 2.26. The van der Waals surface area contributed by atoms with Gasteiger partial charge in [-0.2, -0.15) is 0 Å². The maximum absolute atomic E-state index is 2.34. The van der Waals surface area contributed by atoms with Gasteiger partial charge < -0.3 is 0 Å². The van der Waals surface area contributed by atoms with E-state index in [-0.39, 0.29) is 12.4 Å². The van der Waals surface area contributed by atoms with Crippen LogP contribution in [0.25, 0.3) is 32.3 Å². The quantitative estimate of drug-likeness (QED) is 0.370. The molecule has 21 heavy (non-hydrogen) atoms. The van der Waals surface area contributed by atoms with E-state index in [1.54, 1.807) is 0 Å². The lowest BCUT2D eigenvalue weighted by Crippen LogP contribution is -1.84. The van der Waals surface area contributed by atoms with Crippen molar-refractivity contribution in [3.05, 3.63) is 72.3 Å². The maximum Gasteiger partial charge on any atom is -0.0146 e. The number of fused-ring (bicyclic) bond motifs is 3. The van der Waals surface area contributed by atoms with Crippen LogP contribution in [-0.2, 0) is 6.42 Å². The lowest BCUT2D eigenvalue weighted by molar-refractivity contribution is 1.16. The second-order valence-electron chi connectivity index (χ2n) is 5.39. The molecule has 0 bridgehead atoms. The number of hydrogen-bond donors (Lipinski definition) is 0. The maximum atomic E-state index is 2.34. The van der Waals surface area contributed by atoms with Crippen LogP contribution in [0.3, 0.4) is 0 Å². The molecule has 0 fully saturated rings. The summed E-state index contributed by atoms with van der Waals surface area (Å²) in [6.07, 6.45) is 1.08. The van der Waals surface area contributed by atoms with E-state index in [9.17, 15) is 0 Å². The van der Waals surface area contributed by atoms with Crippen LogP contribution in [0, 0.1) is 0 Å². The molecule has 1 heteroatoms. The second kappa shape index (κ2) is 5.38. The summed E-state index contributed by atoms with van der Waals surface area (Å²) in [6.45, 7) is 2.22. The molecule has 0 saturated carbocycles. The fourth-order valence-corrected chi connectivity index (χ4v) is 3.09. The van der Waals surface area contributed by atoms with Gasteiger partial charge in [0, 0.05) is 0 Å². The van der Waals surface area contributed by atoms with Gasteiger partial charge in [0.25, 0.3) is 0 Å². The summed E-state index contributed by atoms with van der Waals surface area (Å²) in [5, 5.41) is 8.01. The largest absolute Gasteiger partial charge is 0.147 e. The average Bonchev–Trinajstić information content (AvgIpc) is 2.50. The standard InChI is InChI=1S/C20H16.ClH/c1-2-14-8-5-9-17-12-18-10-15-6-3-4-7-16(15)11-19(18)13-20(14)17;/h3-13H,2H2,1H3;1H. The van der Waals surface area contributed by atoms with Gasteiger partial charge in [0.2, 0.25) is 0 Å². The fourth-order valence-electron chi connectivity index (χ4n) is 3.09. The van der Waals surface area contributed by atoms with Gasteiger partial charge >= 0.3 is 0 Å². The van der Waals surface area contributed by atoms with Crippen molar-refractivity contribution in [2.45, 2.75) is 13.3 Å². The third-order valence-corrected chi connectivity index (χ3v) is 4.17. The smallest absolute Gasteiger partial charge is 0.0146 e. The number of aryl methyl sites for hydroxylation is 1. The Morgan fingerprint density at radius 2 is 1.19 bits per heavy atom. The highest BCUT2D eigenvalue weighted by molar-refractivity contribution is 6.05. The van der Waals surface area contributed by atoms with E-state index < -0.39 is 0 Å². The van der Waals surface area contributed by atoms with E-state index in [4.69, 9.17) is 0 Å². The Morgan fingerprint density at radius 1 is 0.619 bits per heavy atom. The van der Waals surface area contributed by atoms with Crippen molar-refractivity contribution in [2.24, 2.45) is 0 Å². The van der Waals surface area contributed by atoms with Gasteiger partial charge in [-0.25, -0.2) is 0 Å². The van der Waals surface area contributed by atoms with Gasteiger partial charge in [0.15, 0.2) is 0 Å². The van der Waals surface area contributed by atoms with E-state index >= 15 is 0 Å². The van der Waals surface area contributed by atoms with Gasteiger partial charge in [-0.05, 0) is 68.6 Å². The van der Waals surface area contributed by atoms with Crippen LogP contribution in [0.4, 0.5) is 0 Å². The summed E-state index contributed by atoms with van der Waals surface area (Å²) in [6, 6.07) is 24.4. The van der Waals surface area contributed by atoms with Crippen LogP contribution < -0.4 is 0 Å². The zero-order valence-corrected chi connectivity index (χ0v) is 12.8. The first-order chi connectivity index (χ1) is 9.85. The van der Waals surface area contributed by atoms with Crippen LogP contribution in [0.15, 0.2) is 66.7 Å². The van der Waals surface area contributed by atoms with Crippen molar-refractivity contribution in [1.29, 1.82) is 0 Å². The first-order valence-corrected chi connectivity index (χ1v) is 7.19. The molecule has 0 amide bonds. The summed E-state index contributed by atoms with van der Waals surface area (Å²) in [5.74, 6) is 0. The lowest BCUT2D eigenvalue weighted by atomic mass is 9.96. The fraction of sp³-hybridized carbons (Fsp3) is 0.100. The van der Waals surface area contributed by atoms with Crippen LogP contribution in [-0.4, -0.2) is 0 Å². The van der Waals surface area contributed by atoms with Crippen molar-refractivity contribution in [1.82, 2.24) is 0 Å². The highest BCUT2D eigenvalue weighted by atomic mass is 35.5. The molecule has 104 valence electrons. The molecule has 4 aromatic rings. The summed E-state index contributed by atoms with van der Waals surface area (Å²) in [5.41, 5.74) is 1.43. The normalized spacial score (nSPS) is 10.9. The highest BCUT2D eigenvalue weighted by Crippen LogP contribution is 2.29. The highest BCUT2D eigenvalue weighted by Gasteiger charge is 2.03. The second-order valence-corrected chi connectivity index (χ2v) is 5.39.